The van der Waals surface area contributed by atoms with E-state index in [0.717, 1.165) is 50.1 Å². The lowest BCUT2D eigenvalue weighted by Gasteiger charge is -2.33. The number of nitrogens with zero attached hydrogens (tertiary/aromatic N) is 1. The summed E-state index contributed by atoms with van der Waals surface area (Å²) in [6.07, 6.45) is 4.77. The Morgan fingerprint density at radius 2 is 1.84 bits per heavy atom. The molecule has 5 nitrogen and oxygen atoms in total. The third-order valence-corrected chi connectivity index (χ3v) is 6.18. The summed E-state index contributed by atoms with van der Waals surface area (Å²) < 4.78 is 5.23. The molecule has 0 unspecified atom stereocenters. The van der Waals surface area contributed by atoms with Crippen molar-refractivity contribution in [2.75, 3.05) is 20.2 Å². The summed E-state index contributed by atoms with van der Waals surface area (Å²) in [5.74, 6) is 1.49. The first-order chi connectivity index (χ1) is 15.4. The Hall–Kier alpha value is -2.82. The van der Waals surface area contributed by atoms with E-state index in [2.05, 4.69) is 37.4 Å². The number of rotatable bonds is 9. The van der Waals surface area contributed by atoms with Gasteiger partial charge in [-0.3, -0.25) is 9.59 Å². The maximum absolute atomic E-state index is 12.8. The summed E-state index contributed by atoms with van der Waals surface area (Å²) in [5, 5.41) is 3.00. The largest absolute Gasteiger partial charge is 0.497 e. The van der Waals surface area contributed by atoms with E-state index in [1.54, 1.807) is 7.11 Å². The van der Waals surface area contributed by atoms with Crippen LogP contribution in [0.1, 0.15) is 54.4 Å². The van der Waals surface area contributed by atoms with Crippen LogP contribution in [-0.4, -0.2) is 36.9 Å². The fourth-order valence-corrected chi connectivity index (χ4v) is 4.56. The van der Waals surface area contributed by atoms with Crippen LogP contribution in [0.2, 0.25) is 0 Å². The van der Waals surface area contributed by atoms with Crippen LogP contribution in [0, 0.1) is 19.8 Å². The number of piperidine rings is 1. The minimum atomic E-state index is 0.0612. The third kappa shape index (κ3) is 7.40. The molecule has 1 aliphatic rings. The van der Waals surface area contributed by atoms with Gasteiger partial charge in [-0.25, -0.2) is 0 Å². The standard InChI is InChI=1S/C27H36N2O3/c1-20-14-21(2)16-23(15-20)10-12-27(31)29-13-5-7-22(19-29)9-11-26(30)28-18-24-6-4-8-25(17-24)32-3/h4,6,8,14-17,22H,5,7,9-13,18-19H2,1-3H3,(H,28,30)/t22-/m1/s1. The Labute approximate surface area is 192 Å². The Morgan fingerprint density at radius 1 is 1.06 bits per heavy atom. The molecular weight excluding hydrogens is 400 g/mol. The Morgan fingerprint density at radius 3 is 2.59 bits per heavy atom. The van der Waals surface area contributed by atoms with Gasteiger partial charge in [-0.05, 0) is 68.7 Å². The molecule has 1 fully saturated rings. The highest BCUT2D eigenvalue weighted by molar-refractivity contribution is 5.77. The number of nitrogens with one attached hydrogen (secondary N) is 1. The van der Waals surface area contributed by atoms with Gasteiger partial charge < -0.3 is 15.0 Å². The van der Waals surface area contributed by atoms with Crippen molar-refractivity contribution in [1.82, 2.24) is 10.2 Å². The van der Waals surface area contributed by atoms with E-state index >= 15 is 0 Å². The molecule has 1 heterocycles. The highest BCUT2D eigenvalue weighted by Gasteiger charge is 2.23. The Bertz CT molecular complexity index is 905. The number of carbonyl (C=O) groups is 2. The predicted molar refractivity (Wildman–Crippen MR) is 128 cm³/mol. The van der Waals surface area contributed by atoms with E-state index in [1.165, 1.54) is 16.7 Å². The molecule has 0 radical (unpaired) electrons. The lowest BCUT2D eigenvalue weighted by atomic mass is 9.92. The topological polar surface area (TPSA) is 58.6 Å². The zero-order chi connectivity index (χ0) is 22.9. The summed E-state index contributed by atoms with van der Waals surface area (Å²) in [4.78, 5) is 27.1. The van der Waals surface area contributed by atoms with Crippen molar-refractivity contribution in [2.24, 2.45) is 5.92 Å². The zero-order valence-electron chi connectivity index (χ0n) is 19.7. The molecule has 5 heteroatoms. The van der Waals surface area contributed by atoms with Gasteiger partial charge in [-0.1, -0.05) is 41.5 Å². The monoisotopic (exact) mass is 436 g/mol. The first-order valence-electron chi connectivity index (χ1n) is 11.7. The van der Waals surface area contributed by atoms with E-state index < -0.39 is 0 Å². The average molecular weight is 437 g/mol. The quantitative estimate of drug-likeness (QED) is 0.626. The number of hydrogen-bond donors (Lipinski definition) is 1. The molecule has 0 aromatic heterocycles. The summed E-state index contributed by atoms with van der Waals surface area (Å²) in [6, 6.07) is 14.2. The van der Waals surface area contributed by atoms with Gasteiger partial charge in [-0.2, -0.15) is 0 Å². The molecule has 0 bridgehead atoms. The van der Waals surface area contributed by atoms with Gasteiger partial charge in [0.1, 0.15) is 5.75 Å². The van der Waals surface area contributed by atoms with Crippen molar-refractivity contribution < 1.29 is 14.3 Å². The van der Waals surface area contributed by atoms with Crippen LogP contribution >= 0.6 is 0 Å². The molecule has 2 aromatic carbocycles. The summed E-state index contributed by atoms with van der Waals surface area (Å²) >= 11 is 0. The van der Waals surface area contributed by atoms with Crippen molar-refractivity contribution in [1.29, 1.82) is 0 Å². The molecule has 0 saturated carbocycles. The van der Waals surface area contributed by atoms with Gasteiger partial charge in [0.05, 0.1) is 7.11 Å². The van der Waals surface area contributed by atoms with E-state index in [4.69, 9.17) is 4.74 Å². The maximum Gasteiger partial charge on any atom is 0.222 e. The highest BCUT2D eigenvalue weighted by Crippen LogP contribution is 2.22. The van der Waals surface area contributed by atoms with Crippen LogP contribution in [0.3, 0.4) is 0 Å². The van der Waals surface area contributed by atoms with E-state index in [9.17, 15) is 9.59 Å². The maximum atomic E-state index is 12.8. The first-order valence-corrected chi connectivity index (χ1v) is 11.7. The number of likely N-dealkylation sites (tertiary alicyclic amines) is 1. The lowest BCUT2D eigenvalue weighted by molar-refractivity contribution is -0.133. The van der Waals surface area contributed by atoms with Crippen LogP contribution in [-0.2, 0) is 22.6 Å². The van der Waals surface area contributed by atoms with Crippen molar-refractivity contribution in [2.45, 2.75) is 58.9 Å². The van der Waals surface area contributed by atoms with Crippen molar-refractivity contribution in [3.05, 3.63) is 64.7 Å². The van der Waals surface area contributed by atoms with Crippen molar-refractivity contribution in [3.63, 3.8) is 0 Å². The number of amides is 2. The van der Waals surface area contributed by atoms with Gasteiger partial charge >= 0.3 is 0 Å². The van der Waals surface area contributed by atoms with Crippen LogP contribution in [0.5, 0.6) is 5.75 Å². The van der Waals surface area contributed by atoms with E-state index in [-0.39, 0.29) is 11.8 Å². The molecule has 1 saturated heterocycles. The number of ether oxygens (including phenoxy) is 1. The highest BCUT2D eigenvalue weighted by atomic mass is 16.5. The summed E-state index contributed by atoms with van der Waals surface area (Å²) in [7, 11) is 1.64. The second-order valence-electron chi connectivity index (χ2n) is 9.01. The van der Waals surface area contributed by atoms with Gasteiger partial charge in [0.25, 0.3) is 0 Å². The Kier molecular flexibility index (Phi) is 8.72. The normalized spacial score (nSPS) is 16.0. The van der Waals surface area contributed by atoms with Crippen LogP contribution in [0.15, 0.2) is 42.5 Å². The average Bonchev–Trinajstić information content (AvgIpc) is 2.79. The van der Waals surface area contributed by atoms with Gasteiger partial charge in [0, 0.05) is 32.5 Å². The minimum absolute atomic E-state index is 0.0612. The van der Waals surface area contributed by atoms with Crippen molar-refractivity contribution in [3.8, 4) is 5.75 Å². The molecule has 2 aromatic rings. The zero-order valence-corrected chi connectivity index (χ0v) is 19.7. The van der Waals surface area contributed by atoms with E-state index in [0.29, 0.717) is 25.3 Å². The second-order valence-corrected chi connectivity index (χ2v) is 9.01. The number of methoxy groups -OCH3 is 1. The number of aryl methyl sites for hydroxylation is 3. The molecule has 3 rings (SSSR count). The third-order valence-electron chi connectivity index (χ3n) is 6.18. The first kappa shape index (κ1) is 23.8. The smallest absolute Gasteiger partial charge is 0.222 e. The molecule has 1 atom stereocenters. The van der Waals surface area contributed by atoms with E-state index in [1.807, 2.05) is 29.2 Å². The molecule has 0 aliphatic carbocycles. The summed E-state index contributed by atoms with van der Waals surface area (Å²) in [5.41, 5.74) is 4.75. The number of hydrogen-bond acceptors (Lipinski definition) is 3. The van der Waals surface area contributed by atoms with Crippen LogP contribution in [0.25, 0.3) is 0 Å². The second kappa shape index (κ2) is 11.7. The van der Waals surface area contributed by atoms with Gasteiger partial charge in [0.15, 0.2) is 0 Å². The van der Waals surface area contributed by atoms with Gasteiger partial charge in [0.2, 0.25) is 11.8 Å². The lowest BCUT2D eigenvalue weighted by Crippen LogP contribution is -2.40. The molecule has 2 amide bonds. The fraction of sp³-hybridized carbons (Fsp3) is 0.481. The molecule has 0 spiro atoms. The van der Waals surface area contributed by atoms with Crippen LogP contribution < -0.4 is 10.1 Å². The van der Waals surface area contributed by atoms with Gasteiger partial charge in [-0.15, -0.1) is 0 Å². The molecule has 32 heavy (non-hydrogen) atoms. The molecule has 172 valence electrons. The minimum Gasteiger partial charge on any atom is -0.497 e. The summed E-state index contributed by atoms with van der Waals surface area (Å²) in [6.45, 7) is 6.31. The molecule has 1 N–H and O–H groups in total. The fourth-order valence-electron chi connectivity index (χ4n) is 4.56. The number of benzene rings is 2. The Balaban J connectivity index is 1.40. The molecular formula is C27H36N2O3. The van der Waals surface area contributed by atoms with Crippen molar-refractivity contribution >= 4 is 11.8 Å². The SMILES string of the molecule is COc1cccc(CNC(=O)CC[C@H]2CCCN(C(=O)CCc3cc(C)cc(C)c3)C2)c1. The molecule has 1 aliphatic heterocycles. The van der Waals surface area contributed by atoms with Crippen LogP contribution in [0.4, 0.5) is 0 Å². The predicted octanol–water partition coefficient (Wildman–Crippen LogP) is 4.58. The number of carbonyl (C=O) groups excluding carboxylic acids is 2.